The molecule has 0 atom stereocenters. The van der Waals surface area contributed by atoms with Crippen LogP contribution in [0.5, 0.6) is 0 Å². The molecule has 1 aliphatic heterocycles. The number of hydrogen-bond donors (Lipinski definition) is 0. The van der Waals surface area contributed by atoms with Gasteiger partial charge in [0.05, 0.1) is 0 Å². The second-order valence-electron chi connectivity index (χ2n) is 21.3. The van der Waals surface area contributed by atoms with Gasteiger partial charge in [-0.05, 0) is 80.3 Å². The second kappa shape index (κ2) is 46.5. The fourth-order valence-electron chi connectivity index (χ4n) is 10.3. The second-order valence-corrected chi connectivity index (χ2v) is 22.8. The molecular formula is C67H112N2Pd. The molecule has 0 N–H and O–H groups in total. The van der Waals surface area contributed by atoms with E-state index in [-0.39, 0.29) is 0 Å². The molecule has 0 aliphatic carbocycles. The van der Waals surface area contributed by atoms with E-state index < -0.39 is 0 Å². The zero-order valence-electron chi connectivity index (χ0n) is 47.2. The predicted octanol–water partition coefficient (Wildman–Crippen LogP) is 23.2. The van der Waals surface area contributed by atoms with Gasteiger partial charge in [0.1, 0.15) is 5.57 Å². The van der Waals surface area contributed by atoms with Crippen molar-refractivity contribution in [3.63, 3.8) is 0 Å². The normalized spacial score (nSPS) is 12.5. The summed E-state index contributed by atoms with van der Waals surface area (Å²) < 4.78 is 1.54. The van der Waals surface area contributed by atoms with Crippen LogP contribution in [0.3, 0.4) is 0 Å². The Hall–Kier alpha value is -2.26. The number of benzene rings is 2. The standard InChI is InChI=1S/C65H106N2.2CH3.Pd/c1-5-9-13-15-17-19-21-23-25-27-28-29-30-32-34-35-37-39-41-44-51-62-63(52-45-42-40-38-36-33-31-26-24-22-20-18-16-14-10-6-2)65(61-50-46-49-59(57-61)48-43-11-7-3)67(66)64(62)60-55-53-58(54-56-60)47-12-8-4;;;/h46,49-50,53-57H,5-44,47-48,51H2,1-4H3;2*1H3;. The molecule has 2 aromatic rings. The molecule has 0 saturated heterocycles. The molecule has 70 heavy (non-hydrogen) atoms. The van der Waals surface area contributed by atoms with Crippen molar-refractivity contribution in [2.24, 2.45) is 0 Å². The molecule has 3 rings (SSSR count). The number of nitrogens with zero attached hydrogens (tertiary/aromatic N) is 2. The number of unbranched alkanes of at least 4 members (excludes halogenated alkanes) is 36. The number of hydrogen-bond acceptors (Lipinski definition) is 0. The van der Waals surface area contributed by atoms with Gasteiger partial charge in [0.2, 0.25) is 11.4 Å². The van der Waals surface area contributed by atoms with Crippen LogP contribution in [0, 0.1) is 11.8 Å². The number of aryl methyl sites for hydroxylation is 2. The summed E-state index contributed by atoms with van der Waals surface area (Å²) >= 11 is 0.950. The predicted molar refractivity (Wildman–Crippen MR) is 309 cm³/mol. The molecule has 1 heterocycles. The third kappa shape index (κ3) is 30.7. The van der Waals surface area contributed by atoms with Crippen molar-refractivity contribution in [2.75, 3.05) is 0 Å². The SMILES string of the molecule is CCCCCCCCCCCCCCCCC#CC1=C(c2cccc(CCCCC)c2)[N+](=[N-])C(c2ccc(CCCC)cc2)=C1CCCCCCCCCCCCCCCCCCCCCC.[CH3][Pd][CH3]. The van der Waals surface area contributed by atoms with Crippen LogP contribution in [-0.2, 0) is 30.8 Å². The summed E-state index contributed by atoms with van der Waals surface area (Å²) in [6, 6.07) is 18.1. The van der Waals surface area contributed by atoms with Gasteiger partial charge in [-0.25, -0.2) is 4.70 Å². The van der Waals surface area contributed by atoms with Gasteiger partial charge in [-0.2, -0.15) is 0 Å². The van der Waals surface area contributed by atoms with Crippen LogP contribution in [0.1, 0.15) is 313 Å². The number of rotatable bonds is 44. The van der Waals surface area contributed by atoms with E-state index in [4.69, 9.17) is 0 Å². The molecule has 0 amide bonds. The summed E-state index contributed by atoms with van der Waals surface area (Å²) in [6.07, 6.45) is 57.2. The molecule has 0 saturated carbocycles. The minimum absolute atomic E-state index is 0.888. The molecule has 2 aromatic carbocycles. The Morgan fingerprint density at radius 1 is 0.386 bits per heavy atom. The van der Waals surface area contributed by atoms with Crippen LogP contribution in [0.4, 0.5) is 0 Å². The van der Waals surface area contributed by atoms with Gasteiger partial charge >= 0.3 is 28.8 Å². The molecular weight excluding hydrogens is 939 g/mol. The first kappa shape index (κ1) is 63.9. The van der Waals surface area contributed by atoms with E-state index in [1.807, 2.05) is 0 Å². The van der Waals surface area contributed by atoms with E-state index in [1.165, 1.54) is 259 Å². The maximum absolute atomic E-state index is 12.4. The summed E-state index contributed by atoms with van der Waals surface area (Å²) in [6.45, 7) is 9.16. The molecule has 1 aliphatic rings. The van der Waals surface area contributed by atoms with Crippen molar-refractivity contribution in [1.82, 2.24) is 0 Å². The average molecular weight is 1050 g/mol. The summed E-state index contributed by atoms with van der Waals surface area (Å²) in [5.41, 5.74) is 21.4. The molecule has 400 valence electrons. The van der Waals surface area contributed by atoms with Crippen LogP contribution >= 0.6 is 0 Å². The Morgan fingerprint density at radius 2 is 0.757 bits per heavy atom. The van der Waals surface area contributed by atoms with Gasteiger partial charge in [0, 0.05) is 23.1 Å². The average Bonchev–Trinajstić information content (AvgIpc) is 3.65. The minimum atomic E-state index is 0.888. The van der Waals surface area contributed by atoms with E-state index in [9.17, 15) is 5.53 Å². The zero-order valence-corrected chi connectivity index (χ0v) is 48.8. The van der Waals surface area contributed by atoms with Crippen molar-refractivity contribution in [3.8, 4) is 11.8 Å². The fourth-order valence-corrected chi connectivity index (χ4v) is 10.3. The van der Waals surface area contributed by atoms with Gasteiger partial charge in [0.25, 0.3) is 0 Å². The van der Waals surface area contributed by atoms with Gasteiger partial charge < -0.3 is 5.53 Å². The van der Waals surface area contributed by atoms with Gasteiger partial charge in [0.15, 0.2) is 0 Å². The first-order valence-electron chi connectivity index (χ1n) is 30.4. The monoisotopic (exact) mass is 1050 g/mol. The van der Waals surface area contributed by atoms with Crippen molar-refractivity contribution in [1.29, 1.82) is 0 Å². The van der Waals surface area contributed by atoms with Crippen molar-refractivity contribution >= 4 is 11.4 Å². The van der Waals surface area contributed by atoms with Crippen LogP contribution in [0.25, 0.3) is 16.9 Å². The van der Waals surface area contributed by atoms with Crippen molar-refractivity contribution in [3.05, 3.63) is 87.5 Å². The molecule has 0 spiro atoms. The third-order valence-electron chi connectivity index (χ3n) is 14.7. The fraction of sp³-hybridized carbons (Fsp3) is 0.731. The Morgan fingerprint density at radius 3 is 1.20 bits per heavy atom. The van der Waals surface area contributed by atoms with Crippen LogP contribution in [0.2, 0.25) is 10.8 Å². The maximum atomic E-state index is 12.4. The van der Waals surface area contributed by atoms with Crippen molar-refractivity contribution in [2.45, 2.75) is 315 Å². The molecule has 0 bridgehead atoms. The summed E-state index contributed by atoms with van der Waals surface area (Å²) in [4.78, 5) is 0. The van der Waals surface area contributed by atoms with E-state index in [0.717, 1.165) is 84.6 Å². The summed E-state index contributed by atoms with van der Waals surface area (Å²) in [5, 5.41) is 4.35. The van der Waals surface area contributed by atoms with E-state index in [1.54, 1.807) is 0 Å². The Labute approximate surface area is 445 Å². The molecule has 0 fully saturated rings. The van der Waals surface area contributed by atoms with Crippen molar-refractivity contribution < 1.29 is 22.7 Å². The van der Waals surface area contributed by atoms with E-state index in [2.05, 4.69) is 98.9 Å². The zero-order chi connectivity index (χ0) is 50.4. The van der Waals surface area contributed by atoms with Gasteiger partial charge in [-0.3, -0.25) is 0 Å². The van der Waals surface area contributed by atoms with Crippen LogP contribution < -0.4 is 0 Å². The summed E-state index contributed by atoms with van der Waals surface area (Å²) in [7, 11) is 0. The Balaban J connectivity index is 0.00000545. The molecule has 0 unspecified atom stereocenters. The van der Waals surface area contributed by atoms with Gasteiger partial charge in [-0.1, -0.05) is 289 Å². The Bertz CT molecular complexity index is 1670. The van der Waals surface area contributed by atoms with E-state index >= 15 is 0 Å². The molecule has 2 nitrogen and oxygen atoms in total. The molecule has 0 aromatic heterocycles. The summed E-state index contributed by atoms with van der Waals surface area (Å²) in [5.74, 6) is 7.42. The molecule has 3 heteroatoms. The first-order chi connectivity index (χ1) is 34.6. The topological polar surface area (TPSA) is 25.3 Å². The van der Waals surface area contributed by atoms with Crippen LogP contribution in [-0.4, -0.2) is 4.70 Å². The Kier molecular flexibility index (Phi) is 42.4. The van der Waals surface area contributed by atoms with Gasteiger partial charge in [-0.15, -0.1) is 0 Å². The number of allylic oxidation sites excluding steroid dienone is 2. The van der Waals surface area contributed by atoms with Crippen LogP contribution in [0.15, 0.2) is 59.7 Å². The molecule has 0 radical (unpaired) electrons. The van der Waals surface area contributed by atoms with E-state index in [0.29, 0.717) is 0 Å². The quantitative estimate of drug-likeness (QED) is 0.0274. The first-order valence-corrected chi connectivity index (χ1v) is 33.5. The third-order valence-corrected chi connectivity index (χ3v) is 14.7.